The fraction of sp³-hybridized carbons (Fsp3) is 0.130. The molecule has 0 bridgehead atoms. The molecule has 5 nitrogen and oxygen atoms in total. The van der Waals surface area contributed by atoms with E-state index in [9.17, 15) is 0 Å². The molecule has 5 heteroatoms. The van der Waals surface area contributed by atoms with E-state index in [1.165, 1.54) is 60.2 Å². The number of hydrogen-bond acceptors (Lipinski definition) is 3. The minimum atomic E-state index is 0.0152. The van der Waals surface area contributed by atoms with Gasteiger partial charge in [-0.1, -0.05) is 155 Å². The Balaban J connectivity index is 1.21. The van der Waals surface area contributed by atoms with Crippen molar-refractivity contribution >= 4 is 65.2 Å². The van der Waals surface area contributed by atoms with E-state index >= 15 is 0 Å². The Morgan fingerprint density at radius 2 is 1.08 bits per heavy atom. The minimum Gasteiger partial charge on any atom is -0.309 e. The first kappa shape index (κ1) is 34.0. The Kier molecular flexibility index (Phi) is 7.03. The van der Waals surface area contributed by atoms with E-state index in [0.717, 1.165) is 39.4 Å². The van der Waals surface area contributed by atoms with E-state index in [0.29, 0.717) is 17.6 Å². The van der Waals surface area contributed by atoms with Crippen molar-refractivity contribution in [1.29, 1.82) is 0 Å². The van der Waals surface area contributed by atoms with Crippen LogP contribution in [0.15, 0.2) is 164 Å². The summed E-state index contributed by atoms with van der Waals surface area (Å²) in [4.78, 5) is 15.8. The third-order valence-corrected chi connectivity index (χ3v) is 12.9. The minimum absolute atomic E-state index is 0.0152. The van der Waals surface area contributed by atoms with Crippen LogP contribution in [-0.2, 0) is 10.8 Å². The van der Waals surface area contributed by atoms with Gasteiger partial charge in [-0.3, -0.25) is 4.57 Å². The summed E-state index contributed by atoms with van der Waals surface area (Å²) >= 11 is 0. The van der Waals surface area contributed by atoms with Gasteiger partial charge >= 0.3 is 0 Å². The topological polar surface area (TPSA) is 48.5 Å². The third kappa shape index (κ3) is 5.01. The number of para-hydroxylation sites is 1. The van der Waals surface area contributed by atoms with Crippen molar-refractivity contribution in [3.63, 3.8) is 0 Å². The molecule has 0 radical (unpaired) electrons. The van der Waals surface area contributed by atoms with E-state index in [-0.39, 0.29) is 10.8 Å². The highest BCUT2D eigenvalue weighted by molar-refractivity contribution is 6.25. The number of hydrogen-bond donors (Lipinski definition) is 0. The van der Waals surface area contributed by atoms with Crippen LogP contribution in [0, 0.1) is 0 Å². The number of rotatable bonds is 4. The van der Waals surface area contributed by atoms with Crippen molar-refractivity contribution in [2.24, 2.45) is 0 Å². The SMILES string of the molecule is CC1(C)CC(C)(C)c2c(-n3c4ccccc4c4cc5c(cc43)c3c4ccccc4ccc3n5-c3nc(-c4ccccc4)nc(-c4ccc5ccccc5c4)n3)cccc21. The zero-order valence-electron chi connectivity index (χ0n) is 33.5. The number of nitrogens with zero attached hydrogens (tertiary/aromatic N) is 5. The summed E-state index contributed by atoms with van der Waals surface area (Å²) in [7, 11) is 0. The van der Waals surface area contributed by atoms with Crippen molar-refractivity contribution in [2.75, 3.05) is 0 Å². The van der Waals surface area contributed by atoms with Gasteiger partial charge in [0.15, 0.2) is 11.6 Å². The van der Waals surface area contributed by atoms with Crippen LogP contribution in [0.25, 0.3) is 99.6 Å². The van der Waals surface area contributed by atoms with Crippen molar-refractivity contribution < 1.29 is 0 Å². The molecule has 0 atom stereocenters. The first-order valence-corrected chi connectivity index (χ1v) is 20.6. The maximum absolute atomic E-state index is 5.36. The molecule has 11 aromatic rings. The average Bonchev–Trinajstić information content (AvgIpc) is 3.83. The Hall–Kier alpha value is -7.11. The average molecular weight is 760 g/mol. The van der Waals surface area contributed by atoms with Crippen molar-refractivity contribution in [2.45, 2.75) is 44.9 Å². The maximum atomic E-state index is 5.36. The largest absolute Gasteiger partial charge is 0.309 e. The lowest BCUT2D eigenvalue weighted by Gasteiger charge is -2.24. The van der Waals surface area contributed by atoms with E-state index < -0.39 is 0 Å². The van der Waals surface area contributed by atoms with Crippen LogP contribution in [0.4, 0.5) is 0 Å². The number of aromatic nitrogens is 5. The fourth-order valence-electron chi connectivity index (χ4n) is 10.7. The molecule has 0 fully saturated rings. The van der Waals surface area contributed by atoms with Crippen molar-refractivity contribution in [3.05, 3.63) is 175 Å². The quantitative estimate of drug-likeness (QED) is 0.180. The van der Waals surface area contributed by atoms with E-state index in [2.05, 4.69) is 182 Å². The van der Waals surface area contributed by atoms with Gasteiger partial charge in [-0.15, -0.1) is 0 Å². The second-order valence-electron chi connectivity index (χ2n) is 17.6. The highest BCUT2D eigenvalue weighted by Crippen LogP contribution is 2.52. The molecule has 12 rings (SSSR count). The summed E-state index contributed by atoms with van der Waals surface area (Å²) in [5.74, 6) is 1.86. The summed E-state index contributed by atoms with van der Waals surface area (Å²) in [6.07, 6.45) is 1.10. The molecule has 3 heterocycles. The normalized spacial score (nSPS) is 14.6. The number of fused-ring (bicyclic) bond motifs is 10. The first-order valence-electron chi connectivity index (χ1n) is 20.6. The highest BCUT2D eigenvalue weighted by atomic mass is 15.2. The molecule has 1 aliphatic rings. The molecule has 1 aliphatic carbocycles. The molecular weight excluding hydrogens is 719 g/mol. The van der Waals surface area contributed by atoms with Crippen LogP contribution >= 0.6 is 0 Å². The Labute approximate surface area is 342 Å². The fourth-order valence-corrected chi connectivity index (χ4v) is 10.7. The zero-order chi connectivity index (χ0) is 39.6. The molecule has 59 heavy (non-hydrogen) atoms. The Morgan fingerprint density at radius 1 is 0.424 bits per heavy atom. The molecule has 8 aromatic carbocycles. The summed E-state index contributed by atoms with van der Waals surface area (Å²) < 4.78 is 4.81. The van der Waals surface area contributed by atoms with Crippen LogP contribution in [0.1, 0.15) is 45.2 Å². The van der Waals surface area contributed by atoms with Crippen LogP contribution in [0.3, 0.4) is 0 Å². The molecular formula is C54H41N5. The molecule has 0 saturated heterocycles. The van der Waals surface area contributed by atoms with Gasteiger partial charge in [-0.25, -0.2) is 4.98 Å². The van der Waals surface area contributed by atoms with E-state index in [4.69, 9.17) is 15.0 Å². The smallest absolute Gasteiger partial charge is 0.238 e. The molecule has 3 aromatic heterocycles. The van der Waals surface area contributed by atoms with Crippen LogP contribution in [0.5, 0.6) is 0 Å². The van der Waals surface area contributed by atoms with E-state index in [1.54, 1.807) is 0 Å². The second kappa shape index (κ2) is 12.2. The molecule has 0 spiro atoms. The third-order valence-electron chi connectivity index (χ3n) is 12.9. The van der Waals surface area contributed by atoms with Crippen LogP contribution < -0.4 is 0 Å². The Bertz CT molecular complexity index is 3530. The number of benzene rings is 8. The van der Waals surface area contributed by atoms with E-state index in [1.807, 2.05) is 18.2 Å². The van der Waals surface area contributed by atoms with Gasteiger partial charge in [0.25, 0.3) is 0 Å². The monoisotopic (exact) mass is 759 g/mol. The molecule has 282 valence electrons. The molecule has 0 N–H and O–H groups in total. The maximum Gasteiger partial charge on any atom is 0.238 e. The zero-order valence-corrected chi connectivity index (χ0v) is 33.5. The summed E-state index contributed by atoms with van der Waals surface area (Å²) in [5, 5.41) is 9.48. The Morgan fingerprint density at radius 3 is 1.92 bits per heavy atom. The van der Waals surface area contributed by atoms with Gasteiger partial charge in [0.2, 0.25) is 5.95 Å². The summed E-state index contributed by atoms with van der Waals surface area (Å²) in [6, 6.07) is 59.0. The predicted octanol–water partition coefficient (Wildman–Crippen LogP) is 13.7. The lowest BCUT2D eigenvalue weighted by molar-refractivity contribution is 0.403. The molecule has 0 saturated carbocycles. The standard InChI is InChI=1S/C54H41N5/c1-53(2)32-54(3,4)49-42(53)22-14-24-45(49)58-43-23-13-12-21-39(43)40-30-47-41(31-46(40)58)48-38-20-11-10-16-34(38)27-28-44(48)59(47)52-56-50(35-17-6-5-7-18-35)55-51(57-52)37-26-25-33-15-8-9-19-36(33)29-37/h5-31H,32H2,1-4H3. The van der Waals surface area contributed by atoms with Gasteiger partial charge in [-0.05, 0) is 86.3 Å². The van der Waals surface area contributed by atoms with Crippen molar-refractivity contribution in [3.8, 4) is 34.4 Å². The predicted molar refractivity (Wildman–Crippen MR) is 245 cm³/mol. The summed E-state index contributed by atoms with van der Waals surface area (Å²) in [6.45, 7) is 9.63. The van der Waals surface area contributed by atoms with Gasteiger partial charge in [-0.2, -0.15) is 9.97 Å². The second-order valence-corrected chi connectivity index (χ2v) is 17.6. The van der Waals surface area contributed by atoms with Crippen LogP contribution in [-0.4, -0.2) is 24.1 Å². The van der Waals surface area contributed by atoms with Gasteiger partial charge < -0.3 is 4.57 Å². The summed E-state index contributed by atoms with van der Waals surface area (Å²) in [5.41, 5.74) is 10.7. The van der Waals surface area contributed by atoms with Crippen LogP contribution in [0.2, 0.25) is 0 Å². The molecule has 0 unspecified atom stereocenters. The highest BCUT2D eigenvalue weighted by Gasteiger charge is 2.43. The first-order chi connectivity index (χ1) is 28.7. The van der Waals surface area contributed by atoms with Crippen molar-refractivity contribution in [1.82, 2.24) is 24.1 Å². The van der Waals surface area contributed by atoms with Gasteiger partial charge in [0, 0.05) is 32.7 Å². The van der Waals surface area contributed by atoms with Gasteiger partial charge in [0.05, 0.1) is 27.8 Å². The molecule has 0 amide bonds. The lowest BCUT2D eigenvalue weighted by Crippen LogP contribution is -2.18. The van der Waals surface area contributed by atoms with Gasteiger partial charge in [0.1, 0.15) is 0 Å². The molecule has 0 aliphatic heterocycles. The lowest BCUT2D eigenvalue weighted by atomic mass is 9.81.